The van der Waals surface area contributed by atoms with Crippen molar-refractivity contribution in [2.75, 3.05) is 0 Å². The molecular weight excluding hydrogens is 262 g/mol. The molecule has 4 heteroatoms. The summed E-state index contributed by atoms with van der Waals surface area (Å²) in [7, 11) is 0. The molecule has 17 heavy (non-hydrogen) atoms. The van der Waals surface area contributed by atoms with E-state index in [1.807, 2.05) is 17.7 Å². The van der Waals surface area contributed by atoms with E-state index in [1.165, 1.54) is 6.07 Å². The van der Waals surface area contributed by atoms with Gasteiger partial charge in [0, 0.05) is 0 Å². The largest absolute Gasteiger partial charge is 0.204 e. The number of halogens is 3. The first kappa shape index (κ1) is 12.5. The quantitative estimate of drug-likeness (QED) is 0.700. The van der Waals surface area contributed by atoms with Crippen LogP contribution in [0.4, 0.5) is 8.78 Å². The molecule has 1 aromatic carbocycles. The van der Waals surface area contributed by atoms with Gasteiger partial charge >= 0.3 is 0 Å². The van der Waals surface area contributed by atoms with Gasteiger partial charge in [0.15, 0.2) is 11.6 Å². The fraction of sp³-hybridized carbons (Fsp3) is 0.231. The van der Waals surface area contributed by atoms with Crippen molar-refractivity contribution in [1.29, 1.82) is 0 Å². The maximum atomic E-state index is 13.0. The van der Waals surface area contributed by atoms with Crippen molar-refractivity contribution in [1.82, 2.24) is 0 Å². The summed E-state index contributed by atoms with van der Waals surface area (Å²) < 4.78 is 25.8. The molecule has 0 radical (unpaired) electrons. The van der Waals surface area contributed by atoms with E-state index in [0.717, 1.165) is 17.2 Å². The summed E-state index contributed by atoms with van der Waals surface area (Å²) in [6.07, 6.45) is 0.496. The molecule has 90 valence electrons. The molecule has 1 atom stereocenters. The predicted octanol–water partition coefficient (Wildman–Crippen LogP) is 4.86. The highest BCUT2D eigenvalue weighted by atomic mass is 35.5. The molecule has 2 rings (SSSR count). The summed E-state index contributed by atoms with van der Waals surface area (Å²) in [6, 6.07) is 3.90. The van der Waals surface area contributed by atoms with Crippen LogP contribution in [0, 0.1) is 18.6 Å². The molecule has 0 fully saturated rings. The number of benzene rings is 1. The fourth-order valence-corrected chi connectivity index (χ4v) is 3.07. The van der Waals surface area contributed by atoms with Crippen molar-refractivity contribution in [2.24, 2.45) is 0 Å². The summed E-state index contributed by atoms with van der Waals surface area (Å²) >= 11 is 7.86. The molecule has 0 N–H and O–H groups in total. The van der Waals surface area contributed by atoms with Crippen LogP contribution in [0.15, 0.2) is 29.0 Å². The molecule has 0 saturated carbocycles. The van der Waals surface area contributed by atoms with Crippen LogP contribution in [0.5, 0.6) is 0 Å². The molecule has 1 unspecified atom stereocenters. The lowest BCUT2D eigenvalue weighted by molar-refractivity contribution is 0.507. The monoisotopic (exact) mass is 272 g/mol. The summed E-state index contributed by atoms with van der Waals surface area (Å²) in [5.41, 5.74) is 2.90. The lowest BCUT2D eigenvalue weighted by Crippen LogP contribution is -1.97. The van der Waals surface area contributed by atoms with Crippen molar-refractivity contribution in [3.05, 3.63) is 57.3 Å². The van der Waals surface area contributed by atoms with Gasteiger partial charge in [-0.1, -0.05) is 6.07 Å². The number of hydrogen-bond acceptors (Lipinski definition) is 1. The molecule has 0 amide bonds. The van der Waals surface area contributed by atoms with Crippen LogP contribution in [0.2, 0.25) is 0 Å². The third-order valence-corrected chi connectivity index (χ3v) is 3.90. The Labute approximate surface area is 108 Å². The van der Waals surface area contributed by atoms with Gasteiger partial charge in [-0.25, -0.2) is 8.78 Å². The van der Waals surface area contributed by atoms with Gasteiger partial charge in [0.05, 0.1) is 5.38 Å². The Balaban J connectivity index is 2.16. The highest BCUT2D eigenvalue weighted by Crippen LogP contribution is 2.30. The first-order valence-electron chi connectivity index (χ1n) is 5.18. The number of thiophene rings is 1. The zero-order valence-corrected chi connectivity index (χ0v) is 10.8. The van der Waals surface area contributed by atoms with Crippen molar-refractivity contribution < 1.29 is 8.78 Å². The van der Waals surface area contributed by atoms with Crippen molar-refractivity contribution >= 4 is 22.9 Å². The molecule has 1 aromatic heterocycles. The van der Waals surface area contributed by atoms with E-state index in [4.69, 9.17) is 11.6 Å². The Morgan fingerprint density at radius 1 is 1.24 bits per heavy atom. The van der Waals surface area contributed by atoms with Crippen LogP contribution in [0.25, 0.3) is 0 Å². The minimum absolute atomic E-state index is 0.203. The molecule has 0 aliphatic heterocycles. The highest BCUT2D eigenvalue weighted by Gasteiger charge is 2.13. The van der Waals surface area contributed by atoms with E-state index in [1.54, 1.807) is 17.4 Å². The Hall–Kier alpha value is -0.930. The Bertz CT molecular complexity index is 522. The number of rotatable bonds is 3. The number of aryl methyl sites for hydroxylation is 1. The third kappa shape index (κ3) is 2.85. The standard InChI is InChI=1S/C13H11ClF2S/c1-8-6-17-7-10(8)11(14)4-9-2-3-12(15)13(16)5-9/h2-3,5-7,11H,4H2,1H3. The van der Waals surface area contributed by atoms with E-state index in [-0.39, 0.29) is 5.38 Å². The van der Waals surface area contributed by atoms with Crippen molar-refractivity contribution in [3.63, 3.8) is 0 Å². The van der Waals surface area contributed by atoms with Crippen LogP contribution < -0.4 is 0 Å². The zero-order valence-electron chi connectivity index (χ0n) is 9.21. The number of hydrogen-bond donors (Lipinski definition) is 0. The highest BCUT2D eigenvalue weighted by molar-refractivity contribution is 7.08. The first-order valence-corrected chi connectivity index (χ1v) is 6.56. The van der Waals surface area contributed by atoms with Crippen LogP contribution in [-0.2, 0) is 6.42 Å². The molecule has 0 aliphatic carbocycles. The van der Waals surface area contributed by atoms with E-state index in [2.05, 4.69) is 0 Å². The van der Waals surface area contributed by atoms with E-state index in [9.17, 15) is 8.78 Å². The summed E-state index contributed by atoms with van der Waals surface area (Å²) in [5, 5.41) is 3.81. The number of alkyl halides is 1. The molecule has 1 heterocycles. The molecule has 0 saturated heterocycles. The van der Waals surface area contributed by atoms with E-state index in [0.29, 0.717) is 12.0 Å². The normalized spacial score (nSPS) is 12.7. The van der Waals surface area contributed by atoms with Gasteiger partial charge < -0.3 is 0 Å². The maximum Gasteiger partial charge on any atom is 0.159 e. The van der Waals surface area contributed by atoms with Crippen LogP contribution in [0.3, 0.4) is 0 Å². The van der Waals surface area contributed by atoms with Gasteiger partial charge in [0.1, 0.15) is 0 Å². The smallest absolute Gasteiger partial charge is 0.159 e. The van der Waals surface area contributed by atoms with Gasteiger partial charge in [0.25, 0.3) is 0 Å². The van der Waals surface area contributed by atoms with Crippen molar-refractivity contribution in [3.8, 4) is 0 Å². The van der Waals surface area contributed by atoms with Crippen LogP contribution in [0.1, 0.15) is 22.1 Å². The van der Waals surface area contributed by atoms with Crippen LogP contribution >= 0.6 is 22.9 Å². The summed E-state index contributed by atoms with van der Waals surface area (Å²) in [4.78, 5) is 0. The maximum absolute atomic E-state index is 13.0. The molecule has 2 aromatic rings. The second-order valence-electron chi connectivity index (χ2n) is 3.93. The second-order valence-corrected chi connectivity index (χ2v) is 5.20. The third-order valence-electron chi connectivity index (χ3n) is 2.63. The minimum Gasteiger partial charge on any atom is -0.204 e. The lowest BCUT2D eigenvalue weighted by Gasteiger charge is -2.09. The van der Waals surface area contributed by atoms with Crippen LogP contribution in [-0.4, -0.2) is 0 Å². The first-order chi connectivity index (χ1) is 8.08. The average Bonchev–Trinajstić information content (AvgIpc) is 2.70. The topological polar surface area (TPSA) is 0 Å². The van der Waals surface area contributed by atoms with Gasteiger partial charge in [0.2, 0.25) is 0 Å². The Morgan fingerprint density at radius 2 is 2.00 bits per heavy atom. The fourth-order valence-electron chi connectivity index (χ4n) is 1.67. The second kappa shape index (κ2) is 5.15. The molecule has 0 bridgehead atoms. The average molecular weight is 273 g/mol. The SMILES string of the molecule is Cc1cscc1C(Cl)Cc1ccc(F)c(F)c1. The van der Waals surface area contributed by atoms with Gasteiger partial charge in [-0.3, -0.25) is 0 Å². The van der Waals surface area contributed by atoms with Gasteiger partial charge in [-0.05, 0) is 52.9 Å². The molecule has 0 aliphatic rings. The summed E-state index contributed by atoms with van der Waals surface area (Å²) in [5.74, 6) is -1.65. The van der Waals surface area contributed by atoms with E-state index < -0.39 is 11.6 Å². The minimum atomic E-state index is -0.827. The summed E-state index contributed by atoms with van der Waals surface area (Å²) in [6.45, 7) is 1.99. The zero-order chi connectivity index (χ0) is 12.4. The molecule has 0 nitrogen and oxygen atoms in total. The van der Waals surface area contributed by atoms with Gasteiger partial charge in [-0.2, -0.15) is 11.3 Å². The van der Waals surface area contributed by atoms with Crippen molar-refractivity contribution in [2.45, 2.75) is 18.7 Å². The molecule has 0 spiro atoms. The molecular formula is C13H11ClF2S. The Kier molecular flexibility index (Phi) is 3.79. The predicted molar refractivity (Wildman–Crippen MR) is 67.7 cm³/mol. The lowest BCUT2D eigenvalue weighted by atomic mass is 10.0. The van der Waals surface area contributed by atoms with E-state index >= 15 is 0 Å². The van der Waals surface area contributed by atoms with Gasteiger partial charge in [-0.15, -0.1) is 11.6 Å². The Morgan fingerprint density at radius 3 is 2.59 bits per heavy atom.